The van der Waals surface area contributed by atoms with Gasteiger partial charge >= 0.3 is 0 Å². The van der Waals surface area contributed by atoms with Gasteiger partial charge < -0.3 is 0 Å². The SMILES string of the molecule is C#CCCC#CP. The number of hydrogen-bond donors (Lipinski definition) is 0. The molecule has 1 atom stereocenters. The molecule has 0 aromatic rings. The van der Waals surface area contributed by atoms with E-state index in [2.05, 4.69) is 26.7 Å². The van der Waals surface area contributed by atoms with E-state index in [-0.39, 0.29) is 0 Å². The van der Waals surface area contributed by atoms with Gasteiger partial charge in [-0.2, -0.15) is 0 Å². The Labute approximate surface area is 46.9 Å². The molecular formula is C6H7P. The molecule has 0 bridgehead atoms. The summed E-state index contributed by atoms with van der Waals surface area (Å²) in [4.78, 5) is 0. The zero-order valence-corrected chi connectivity index (χ0v) is 5.22. The molecular weight excluding hydrogens is 103 g/mol. The molecule has 7 heavy (non-hydrogen) atoms. The van der Waals surface area contributed by atoms with Crippen LogP contribution < -0.4 is 0 Å². The average Bonchev–Trinajstić information content (AvgIpc) is 1.69. The van der Waals surface area contributed by atoms with Gasteiger partial charge in [-0.3, -0.25) is 0 Å². The maximum absolute atomic E-state index is 4.94. The molecule has 0 aliphatic carbocycles. The number of terminal acetylenes is 1. The molecule has 0 aromatic heterocycles. The fourth-order valence-corrected chi connectivity index (χ4v) is 0.351. The minimum absolute atomic E-state index is 0.765. The quantitative estimate of drug-likeness (QED) is 0.270. The summed E-state index contributed by atoms with van der Waals surface area (Å²) in [5, 5.41) is 0. The molecule has 1 heteroatoms. The van der Waals surface area contributed by atoms with Crippen LogP contribution in [0.25, 0.3) is 0 Å². The van der Waals surface area contributed by atoms with E-state index in [1.807, 2.05) is 0 Å². The Morgan fingerprint density at radius 3 is 2.57 bits per heavy atom. The molecule has 0 rings (SSSR count). The van der Waals surface area contributed by atoms with Crippen LogP contribution in [0.1, 0.15) is 12.8 Å². The van der Waals surface area contributed by atoms with Gasteiger partial charge in [0, 0.05) is 12.8 Å². The Hall–Kier alpha value is -0.450. The molecule has 0 aliphatic heterocycles. The first kappa shape index (κ1) is 6.55. The summed E-state index contributed by atoms with van der Waals surface area (Å²) < 4.78 is 0. The molecule has 0 aliphatic rings. The number of rotatable bonds is 1. The van der Waals surface area contributed by atoms with Crippen molar-refractivity contribution in [2.24, 2.45) is 0 Å². The van der Waals surface area contributed by atoms with Crippen LogP contribution in [-0.4, -0.2) is 0 Å². The summed E-state index contributed by atoms with van der Waals surface area (Å²) >= 11 is 0. The van der Waals surface area contributed by atoms with Gasteiger partial charge in [-0.25, -0.2) is 0 Å². The predicted molar refractivity (Wildman–Crippen MR) is 35.6 cm³/mol. The van der Waals surface area contributed by atoms with Gasteiger partial charge in [-0.15, -0.1) is 12.3 Å². The van der Waals surface area contributed by atoms with E-state index in [9.17, 15) is 0 Å². The van der Waals surface area contributed by atoms with Gasteiger partial charge in [0.05, 0.1) is 0 Å². The third kappa shape index (κ3) is 5.55. The van der Waals surface area contributed by atoms with Gasteiger partial charge in [0.25, 0.3) is 0 Å². The molecule has 0 heterocycles. The van der Waals surface area contributed by atoms with Crippen molar-refractivity contribution in [3.63, 3.8) is 0 Å². The second-order valence-electron chi connectivity index (χ2n) is 1.03. The molecule has 0 fully saturated rings. The normalized spacial score (nSPS) is 5.71. The van der Waals surface area contributed by atoms with Gasteiger partial charge in [-0.05, 0) is 0 Å². The van der Waals surface area contributed by atoms with Gasteiger partial charge in [0.15, 0.2) is 0 Å². The summed E-state index contributed by atoms with van der Waals surface area (Å²) in [6.45, 7) is 0. The highest BCUT2D eigenvalue weighted by molar-refractivity contribution is 7.23. The zero-order chi connectivity index (χ0) is 5.54. The minimum Gasteiger partial charge on any atom is -0.120 e. The molecule has 0 radical (unpaired) electrons. The van der Waals surface area contributed by atoms with Crippen LogP contribution in [0, 0.1) is 23.9 Å². The van der Waals surface area contributed by atoms with Crippen LogP contribution in [0.15, 0.2) is 0 Å². The number of unbranched alkanes of at least 4 members (excludes halogenated alkanes) is 1. The lowest BCUT2D eigenvalue weighted by Gasteiger charge is -1.72. The van der Waals surface area contributed by atoms with Crippen molar-refractivity contribution in [3.05, 3.63) is 0 Å². The van der Waals surface area contributed by atoms with Crippen molar-refractivity contribution in [3.8, 4) is 23.9 Å². The standard InChI is InChI=1S/C6H7P/c1-2-3-4-5-6-7/h1H,3-4,7H2. The molecule has 0 nitrogen and oxygen atoms in total. The van der Waals surface area contributed by atoms with Gasteiger partial charge in [-0.1, -0.05) is 20.8 Å². The van der Waals surface area contributed by atoms with Crippen molar-refractivity contribution < 1.29 is 0 Å². The topological polar surface area (TPSA) is 0 Å². The third-order valence-electron chi connectivity index (χ3n) is 0.496. The Morgan fingerprint density at radius 2 is 2.14 bits per heavy atom. The average molecular weight is 110 g/mol. The van der Waals surface area contributed by atoms with Gasteiger partial charge in [0.1, 0.15) is 0 Å². The van der Waals surface area contributed by atoms with Crippen LogP contribution in [-0.2, 0) is 0 Å². The fraction of sp³-hybridized carbons (Fsp3) is 0.333. The predicted octanol–water partition coefficient (Wildman–Crippen LogP) is 1.24. The lowest BCUT2D eigenvalue weighted by Crippen LogP contribution is -1.59. The van der Waals surface area contributed by atoms with E-state index in [0.717, 1.165) is 12.8 Å². The van der Waals surface area contributed by atoms with Gasteiger partial charge in [0.2, 0.25) is 0 Å². The van der Waals surface area contributed by atoms with Crippen LogP contribution in [0.5, 0.6) is 0 Å². The zero-order valence-electron chi connectivity index (χ0n) is 4.07. The second-order valence-corrected chi connectivity index (χ2v) is 1.31. The van der Waals surface area contributed by atoms with E-state index in [1.165, 1.54) is 0 Å². The van der Waals surface area contributed by atoms with Crippen LogP contribution in [0.3, 0.4) is 0 Å². The highest BCUT2D eigenvalue weighted by atomic mass is 31.0. The Bertz CT molecular complexity index is 119. The molecule has 0 aromatic carbocycles. The van der Waals surface area contributed by atoms with E-state index in [0.29, 0.717) is 0 Å². The molecule has 1 unspecified atom stereocenters. The van der Waals surface area contributed by atoms with E-state index in [1.54, 1.807) is 0 Å². The van der Waals surface area contributed by atoms with Crippen molar-refractivity contribution in [1.29, 1.82) is 0 Å². The summed E-state index contributed by atoms with van der Waals surface area (Å²) in [5.41, 5.74) is 2.67. The summed E-state index contributed by atoms with van der Waals surface area (Å²) in [6.07, 6.45) is 6.53. The van der Waals surface area contributed by atoms with Crippen molar-refractivity contribution in [2.75, 3.05) is 0 Å². The Kier molecular flexibility index (Phi) is 5.19. The summed E-state index contributed by atoms with van der Waals surface area (Å²) in [6, 6.07) is 0. The van der Waals surface area contributed by atoms with E-state index < -0.39 is 0 Å². The van der Waals surface area contributed by atoms with Crippen molar-refractivity contribution in [2.45, 2.75) is 12.8 Å². The lowest BCUT2D eigenvalue weighted by atomic mass is 10.3. The maximum Gasteiger partial charge on any atom is 0.0202 e. The first-order valence-corrected chi connectivity index (χ1v) is 2.61. The van der Waals surface area contributed by atoms with Crippen molar-refractivity contribution in [1.82, 2.24) is 0 Å². The molecule has 0 amide bonds. The Balaban J connectivity index is 2.98. The first-order valence-electron chi connectivity index (χ1n) is 2.03. The third-order valence-corrected chi connectivity index (χ3v) is 0.701. The van der Waals surface area contributed by atoms with Crippen LogP contribution >= 0.6 is 9.24 Å². The maximum atomic E-state index is 4.94. The molecule has 0 spiro atoms. The summed E-state index contributed by atoms with van der Waals surface area (Å²) in [7, 11) is 2.32. The Morgan fingerprint density at radius 1 is 1.43 bits per heavy atom. The van der Waals surface area contributed by atoms with Crippen LogP contribution in [0.4, 0.5) is 0 Å². The highest BCUT2D eigenvalue weighted by Gasteiger charge is 1.67. The largest absolute Gasteiger partial charge is 0.120 e. The van der Waals surface area contributed by atoms with Crippen LogP contribution in [0.2, 0.25) is 0 Å². The number of hydrogen-bond acceptors (Lipinski definition) is 0. The monoisotopic (exact) mass is 110 g/mol. The highest BCUT2D eigenvalue weighted by Crippen LogP contribution is 1.82. The molecule has 0 N–H and O–H groups in total. The molecule has 0 saturated carbocycles. The molecule has 36 valence electrons. The van der Waals surface area contributed by atoms with E-state index >= 15 is 0 Å². The smallest absolute Gasteiger partial charge is 0.0202 e. The second kappa shape index (κ2) is 5.55. The first-order chi connectivity index (χ1) is 3.41. The minimum atomic E-state index is 0.765. The van der Waals surface area contributed by atoms with E-state index in [4.69, 9.17) is 6.42 Å². The fourth-order valence-electron chi connectivity index (χ4n) is 0.207. The van der Waals surface area contributed by atoms with Crippen molar-refractivity contribution >= 4 is 9.24 Å². The molecule has 0 saturated heterocycles. The lowest BCUT2D eigenvalue weighted by molar-refractivity contribution is 1.12. The summed E-state index contributed by atoms with van der Waals surface area (Å²) in [5.74, 6) is 5.31.